The van der Waals surface area contributed by atoms with Gasteiger partial charge in [0.15, 0.2) is 0 Å². The average molecular weight is 324 g/mol. The maximum atomic E-state index is 5.20. The van der Waals surface area contributed by atoms with Gasteiger partial charge < -0.3 is 10.1 Å². The predicted octanol–water partition coefficient (Wildman–Crippen LogP) is 3.70. The van der Waals surface area contributed by atoms with Crippen LogP contribution in [0.25, 0.3) is 0 Å². The minimum Gasteiger partial charge on any atom is -0.497 e. The van der Waals surface area contributed by atoms with E-state index >= 15 is 0 Å². The van der Waals surface area contributed by atoms with Crippen LogP contribution in [0.4, 0.5) is 0 Å². The molecule has 3 nitrogen and oxygen atoms in total. The van der Waals surface area contributed by atoms with Crippen LogP contribution in [0.15, 0.2) is 54.6 Å². The van der Waals surface area contributed by atoms with Crippen molar-refractivity contribution in [2.45, 2.75) is 32.5 Å². The molecule has 3 heteroatoms. The lowest BCUT2D eigenvalue weighted by Crippen LogP contribution is -2.28. The highest BCUT2D eigenvalue weighted by Crippen LogP contribution is 2.24. The van der Waals surface area contributed by atoms with Crippen LogP contribution in [0.5, 0.6) is 5.75 Å². The number of likely N-dealkylation sites (tertiary alicyclic amines) is 1. The Morgan fingerprint density at radius 1 is 1.04 bits per heavy atom. The Hall–Kier alpha value is -1.84. The quantitative estimate of drug-likeness (QED) is 0.840. The van der Waals surface area contributed by atoms with Crippen LogP contribution in [0, 0.1) is 5.92 Å². The van der Waals surface area contributed by atoms with Gasteiger partial charge in [0.1, 0.15) is 5.75 Å². The van der Waals surface area contributed by atoms with Gasteiger partial charge in [0.2, 0.25) is 0 Å². The van der Waals surface area contributed by atoms with Gasteiger partial charge in [-0.05, 0) is 49.1 Å². The van der Waals surface area contributed by atoms with Crippen molar-refractivity contribution < 1.29 is 4.74 Å². The summed E-state index contributed by atoms with van der Waals surface area (Å²) in [5, 5.41) is 3.62. The molecule has 0 bridgehead atoms. The zero-order valence-electron chi connectivity index (χ0n) is 14.7. The van der Waals surface area contributed by atoms with E-state index in [4.69, 9.17) is 4.74 Å². The second kappa shape index (κ2) is 8.32. The molecule has 0 radical (unpaired) electrons. The van der Waals surface area contributed by atoms with Gasteiger partial charge in [0.05, 0.1) is 7.11 Å². The van der Waals surface area contributed by atoms with Crippen molar-refractivity contribution in [1.29, 1.82) is 0 Å². The first kappa shape index (κ1) is 17.0. The molecule has 0 amide bonds. The van der Waals surface area contributed by atoms with Gasteiger partial charge in [-0.1, -0.05) is 42.5 Å². The van der Waals surface area contributed by atoms with E-state index < -0.39 is 0 Å². The fraction of sp³-hybridized carbons (Fsp3) is 0.429. The largest absolute Gasteiger partial charge is 0.497 e. The summed E-state index contributed by atoms with van der Waals surface area (Å²) >= 11 is 0. The number of hydrogen-bond acceptors (Lipinski definition) is 3. The highest BCUT2D eigenvalue weighted by Gasteiger charge is 2.28. The Kier molecular flexibility index (Phi) is 5.89. The first-order chi connectivity index (χ1) is 11.7. The summed E-state index contributed by atoms with van der Waals surface area (Å²) < 4.78 is 5.20. The summed E-state index contributed by atoms with van der Waals surface area (Å²) in [4.78, 5) is 2.61. The van der Waals surface area contributed by atoms with Gasteiger partial charge in [0, 0.05) is 25.7 Å². The molecule has 1 aliphatic rings. The van der Waals surface area contributed by atoms with Gasteiger partial charge in [-0.2, -0.15) is 0 Å². The molecule has 2 aromatic carbocycles. The highest BCUT2D eigenvalue weighted by atomic mass is 16.5. The van der Waals surface area contributed by atoms with E-state index in [1.54, 1.807) is 7.11 Å². The average Bonchev–Trinajstić information content (AvgIpc) is 2.96. The Balaban J connectivity index is 1.43. The van der Waals surface area contributed by atoms with E-state index in [0.717, 1.165) is 31.3 Å². The summed E-state index contributed by atoms with van der Waals surface area (Å²) in [7, 11) is 1.70. The molecule has 2 atom stereocenters. The van der Waals surface area contributed by atoms with Gasteiger partial charge in [-0.15, -0.1) is 0 Å². The van der Waals surface area contributed by atoms with Crippen LogP contribution in [-0.2, 0) is 13.1 Å². The minimum absolute atomic E-state index is 0.665. The molecule has 2 aromatic rings. The fourth-order valence-electron chi connectivity index (χ4n) is 3.57. The number of hydrogen-bond donors (Lipinski definition) is 1. The molecule has 3 rings (SSSR count). The summed E-state index contributed by atoms with van der Waals surface area (Å²) in [6, 6.07) is 19.8. The minimum atomic E-state index is 0.665. The van der Waals surface area contributed by atoms with Crippen LogP contribution in [0.1, 0.15) is 24.5 Å². The van der Waals surface area contributed by atoms with Gasteiger partial charge >= 0.3 is 0 Å². The second-order valence-electron chi connectivity index (χ2n) is 6.84. The molecule has 2 unspecified atom stereocenters. The number of benzene rings is 2. The van der Waals surface area contributed by atoms with E-state index in [2.05, 4.69) is 59.6 Å². The van der Waals surface area contributed by atoms with Gasteiger partial charge in [0.25, 0.3) is 0 Å². The van der Waals surface area contributed by atoms with Crippen LogP contribution < -0.4 is 10.1 Å². The molecule has 1 saturated heterocycles. The molecule has 0 saturated carbocycles. The molecule has 128 valence electrons. The molecule has 0 aromatic heterocycles. The highest BCUT2D eigenvalue weighted by molar-refractivity contribution is 5.27. The molecule has 0 spiro atoms. The molecule has 1 fully saturated rings. The number of nitrogens with one attached hydrogen (secondary N) is 1. The lowest BCUT2D eigenvalue weighted by molar-refractivity contribution is 0.255. The molecule has 0 aliphatic carbocycles. The Morgan fingerprint density at radius 3 is 2.50 bits per heavy atom. The maximum Gasteiger partial charge on any atom is 0.118 e. The Labute approximate surface area is 145 Å². The standard InChI is InChI=1S/C21H28N2O/c1-17-12-20(16-23(17)15-19-6-4-3-5-7-19)14-22-13-18-8-10-21(24-2)11-9-18/h3-11,17,20,22H,12-16H2,1-2H3. The van der Waals surface area contributed by atoms with Crippen LogP contribution >= 0.6 is 0 Å². The van der Waals surface area contributed by atoms with Crippen molar-refractivity contribution in [2.24, 2.45) is 5.92 Å². The van der Waals surface area contributed by atoms with Crippen molar-refractivity contribution in [1.82, 2.24) is 10.2 Å². The molecule has 1 aliphatic heterocycles. The van der Waals surface area contributed by atoms with Crippen molar-refractivity contribution in [3.8, 4) is 5.75 Å². The fourth-order valence-corrected chi connectivity index (χ4v) is 3.57. The lowest BCUT2D eigenvalue weighted by atomic mass is 10.1. The van der Waals surface area contributed by atoms with E-state index in [9.17, 15) is 0 Å². The number of ether oxygens (including phenoxy) is 1. The number of nitrogens with zero attached hydrogens (tertiary/aromatic N) is 1. The Morgan fingerprint density at radius 2 is 1.79 bits per heavy atom. The third-order valence-electron chi connectivity index (χ3n) is 4.94. The van der Waals surface area contributed by atoms with Crippen molar-refractivity contribution in [3.63, 3.8) is 0 Å². The maximum absolute atomic E-state index is 5.20. The van der Waals surface area contributed by atoms with Crippen molar-refractivity contribution in [3.05, 3.63) is 65.7 Å². The zero-order valence-corrected chi connectivity index (χ0v) is 14.7. The van der Waals surface area contributed by atoms with Crippen LogP contribution in [0.3, 0.4) is 0 Å². The number of rotatable bonds is 7. The summed E-state index contributed by atoms with van der Waals surface area (Å²) in [5.41, 5.74) is 2.72. The van der Waals surface area contributed by atoms with Crippen molar-refractivity contribution in [2.75, 3.05) is 20.2 Å². The monoisotopic (exact) mass is 324 g/mol. The smallest absolute Gasteiger partial charge is 0.118 e. The zero-order chi connectivity index (χ0) is 16.8. The normalized spacial score (nSPS) is 21.1. The summed E-state index contributed by atoms with van der Waals surface area (Å²) in [6.45, 7) is 6.62. The molecule has 24 heavy (non-hydrogen) atoms. The Bertz CT molecular complexity index is 611. The van der Waals surface area contributed by atoms with Gasteiger partial charge in [-0.25, -0.2) is 0 Å². The molecule has 1 heterocycles. The van der Waals surface area contributed by atoms with Gasteiger partial charge in [-0.3, -0.25) is 4.90 Å². The van der Waals surface area contributed by atoms with E-state index in [-0.39, 0.29) is 0 Å². The predicted molar refractivity (Wildman–Crippen MR) is 99.1 cm³/mol. The molecular weight excluding hydrogens is 296 g/mol. The third kappa shape index (κ3) is 4.59. The van der Waals surface area contributed by atoms with Crippen LogP contribution in [-0.4, -0.2) is 31.1 Å². The lowest BCUT2D eigenvalue weighted by Gasteiger charge is -2.21. The second-order valence-corrected chi connectivity index (χ2v) is 6.84. The van der Waals surface area contributed by atoms with Crippen molar-refractivity contribution >= 4 is 0 Å². The summed E-state index contributed by atoms with van der Waals surface area (Å²) in [5.74, 6) is 1.65. The van der Waals surface area contributed by atoms with E-state index in [0.29, 0.717) is 6.04 Å². The first-order valence-electron chi connectivity index (χ1n) is 8.86. The molecular formula is C21H28N2O. The van der Waals surface area contributed by atoms with E-state index in [1.165, 1.54) is 24.1 Å². The SMILES string of the molecule is COc1ccc(CNCC2CC(C)N(Cc3ccccc3)C2)cc1. The number of methoxy groups -OCH3 is 1. The first-order valence-corrected chi connectivity index (χ1v) is 8.86. The topological polar surface area (TPSA) is 24.5 Å². The van der Waals surface area contributed by atoms with Crippen LogP contribution in [0.2, 0.25) is 0 Å². The molecule has 1 N–H and O–H groups in total. The third-order valence-corrected chi connectivity index (χ3v) is 4.94. The summed E-state index contributed by atoms with van der Waals surface area (Å²) in [6.07, 6.45) is 1.28. The van der Waals surface area contributed by atoms with E-state index in [1.807, 2.05) is 12.1 Å².